The molecule has 0 aliphatic carbocycles. The molecule has 0 amide bonds. The number of halogens is 3. The highest BCUT2D eigenvalue weighted by atomic mass is 32.2. The number of hydrogen-bond acceptors (Lipinski definition) is 5. The number of benzene rings is 1. The zero-order valence-corrected chi connectivity index (χ0v) is 14.6. The lowest BCUT2D eigenvalue weighted by Crippen LogP contribution is -2.17. The van der Waals surface area contributed by atoms with Crippen molar-refractivity contribution in [3.8, 4) is 17.1 Å². The summed E-state index contributed by atoms with van der Waals surface area (Å²) < 4.78 is 42.9. The van der Waals surface area contributed by atoms with Crippen LogP contribution in [0.1, 0.15) is 12.5 Å². The first kappa shape index (κ1) is 18.2. The summed E-state index contributed by atoms with van der Waals surface area (Å²) in [5.41, 5.74) is 1.61. The lowest BCUT2D eigenvalue weighted by Gasteiger charge is -2.10. The largest absolute Gasteiger partial charge is 0.573 e. The van der Waals surface area contributed by atoms with E-state index in [-0.39, 0.29) is 5.75 Å². The molecule has 0 bridgehead atoms. The monoisotopic (exact) mass is 380 g/mol. The number of alkyl halides is 3. The van der Waals surface area contributed by atoms with Gasteiger partial charge >= 0.3 is 6.36 Å². The molecule has 0 radical (unpaired) electrons. The number of aromatic nitrogens is 4. The number of rotatable bonds is 6. The van der Waals surface area contributed by atoms with Gasteiger partial charge in [0, 0.05) is 30.3 Å². The van der Waals surface area contributed by atoms with Crippen LogP contribution in [0.3, 0.4) is 0 Å². The lowest BCUT2D eigenvalue weighted by atomic mass is 10.2. The van der Waals surface area contributed by atoms with Crippen LogP contribution in [0, 0.1) is 0 Å². The van der Waals surface area contributed by atoms with Gasteiger partial charge in [0.25, 0.3) is 0 Å². The summed E-state index contributed by atoms with van der Waals surface area (Å²) >= 11 is 1.40. The second kappa shape index (κ2) is 7.77. The Morgan fingerprint density at radius 3 is 2.58 bits per heavy atom. The minimum Gasteiger partial charge on any atom is -0.406 e. The Balaban J connectivity index is 1.74. The molecule has 0 atom stereocenters. The molecule has 2 aromatic heterocycles. The van der Waals surface area contributed by atoms with E-state index in [1.165, 1.54) is 30.0 Å². The van der Waals surface area contributed by atoms with Gasteiger partial charge in [-0.1, -0.05) is 23.9 Å². The quantitative estimate of drug-likeness (QED) is 0.587. The van der Waals surface area contributed by atoms with Crippen LogP contribution >= 0.6 is 11.8 Å². The van der Waals surface area contributed by atoms with Gasteiger partial charge in [-0.15, -0.1) is 23.4 Å². The van der Waals surface area contributed by atoms with E-state index < -0.39 is 6.36 Å². The third-order valence-electron chi connectivity index (χ3n) is 3.47. The molecular weight excluding hydrogens is 365 g/mol. The molecule has 0 aliphatic rings. The summed E-state index contributed by atoms with van der Waals surface area (Å²) in [5.74, 6) is 0.945. The number of ether oxygens (including phenoxy) is 1. The number of nitrogens with zero attached hydrogens (tertiary/aromatic N) is 4. The van der Waals surface area contributed by atoms with Gasteiger partial charge in [-0.2, -0.15) is 0 Å². The molecule has 0 fully saturated rings. The number of hydrogen-bond donors (Lipinski definition) is 0. The van der Waals surface area contributed by atoms with Gasteiger partial charge in [-0.05, 0) is 36.8 Å². The molecule has 3 rings (SSSR count). The summed E-state index contributed by atoms with van der Waals surface area (Å²) in [4.78, 5) is 3.99. The second-order valence-corrected chi connectivity index (χ2v) is 6.21. The van der Waals surface area contributed by atoms with Crippen molar-refractivity contribution in [2.75, 3.05) is 0 Å². The van der Waals surface area contributed by atoms with E-state index >= 15 is 0 Å². The van der Waals surface area contributed by atoms with E-state index in [4.69, 9.17) is 0 Å². The lowest BCUT2D eigenvalue weighted by molar-refractivity contribution is -0.274. The third-order valence-corrected chi connectivity index (χ3v) is 4.51. The van der Waals surface area contributed by atoms with Crippen LogP contribution in [0.4, 0.5) is 13.2 Å². The maximum Gasteiger partial charge on any atom is 0.573 e. The zero-order chi connectivity index (χ0) is 18.6. The minimum absolute atomic E-state index is 0.231. The van der Waals surface area contributed by atoms with Crippen molar-refractivity contribution in [1.29, 1.82) is 0 Å². The van der Waals surface area contributed by atoms with Crippen LogP contribution in [0.25, 0.3) is 11.4 Å². The van der Waals surface area contributed by atoms with E-state index in [1.807, 2.05) is 23.6 Å². The predicted molar refractivity (Wildman–Crippen MR) is 91.6 cm³/mol. The molecule has 0 unspecified atom stereocenters. The Kier molecular flexibility index (Phi) is 5.46. The normalized spacial score (nSPS) is 11.5. The van der Waals surface area contributed by atoms with Crippen molar-refractivity contribution in [3.05, 3.63) is 54.4 Å². The zero-order valence-electron chi connectivity index (χ0n) is 13.8. The number of pyridine rings is 1. The summed E-state index contributed by atoms with van der Waals surface area (Å²) in [7, 11) is 0. The van der Waals surface area contributed by atoms with Crippen LogP contribution in [0.15, 0.2) is 53.9 Å². The van der Waals surface area contributed by atoms with E-state index in [0.29, 0.717) is 23.0 Å². The van der Waals surface area contributed by atoms with Crippen molar-refractivity contribution >= 4 is 11.8 Å². The maximum atomic E-state index is 12.3. The van der Waals surface area contributed by atoms with Gasteiger partial charge in [0.05, 0.1) is 0 Å². The molecule has 3 aromatic rings. The topological polar surface area (TPSA) is 52.8 Å². The Hall–Kier alpha value is -2.55. The van der Waals surface area contributed by atoms with Gasteiger partial charge in [-0.25, -0.2) is 0 Å². The van der Waals surface area contributed by atoms with Crippen molar-refractivity contribution in [2.24, 2.45) is 0 Å². The molecule has 0 N–H and O–H groups in total. The first-order chi connectivity index (χ1) is 12.5. The first-order valence-corrected chi connectivity index (χ1v) is 8.76. The summed E-state index contributed by atoms with van der Waals surface area (Å²) in [6, 6.07) is 9.62. The highest BCUT2D eigenvalue weighted by molar-refractivity contribution is 7.98. The molecule has 9 heteroatoms. The second-order valence-electron chi connectivity index (χ2n) is 5.27. The molecule has 2 heterocycles. The highest BCUT2D eigenvalue weighted by Crippen LogP contribution is 2.28. The SMILES string of the molecule is CCn1c(SCc2cccc(OC(F)(F)F)c2)nnc1-c1ccncc1. The van der Waals surface area contributed by atoms with Gasteiger partial charge in [0.2, 0.25) is 0 Å². The Morgan fingerprint density at radius 1 is 1.12 bits per heavy atom. The van der Waals surface area contributed by atoms with Crippen LogP contribution < -0.4 is 4.74 Å². The molecular formula is C17H15F3N4OS. The average Bonchev–Trinajstić information content (AvgIpc) is 3.02. The predicted octanol–water partition coefficient (Wildman–Crippen LogP) is 4.55. The highest BCUT2D eigenvalue weighted by Gasteiger charge is 2.31. The van der Waals surface area contributed by atoms with Crippen LogP contribution in [-0.4, -0.2) is 26.1 Å². The maximum absolute atomic E-state index is 12.3. The first-order valence-electron chi connectivity index (χ1n) is 7.77. The van der Waals surface area contributed by atoms with E-state index in [9.17, 15) is 13.2 Å². The van der Waals surface area contributed by atoms with E-state index in [1.54, 1.807) is 18.5 Å². The molecule has 0 saturated carbocycles. The van der Waals surface area contributed by atoms with Crippen molar-refractivity contribution in [1.82, 2.24) is 19.7 Å². The van der Waals surface area contributed by atoms with Crippen molar-refractivity contribution < 1.29 is 17.9 Å². The average molecular weight is 380 g/mol. The molecule has 136 valence electrons. The fourth-order valence-corrected chi connectivity index (χ4v) is 3.32. The Bertz CT molecular complexity index is 868. The number of thioether (sulfide) groups is 1. The van der Waals surface area contributed by atoms with Gasteiger partial charge in [-0.3, -0.25) is 4.98 Å². The Morgan fingerprint density at radius 2 is 1.88 bits per heavy atom. The fraction of sp³-hybridized carbons (Fsp3) is 0.235. The molecule has 5 nitrogen and oxygen atoms in total. The van der Waals surface area contributed by atoms with Crippen LogP contribution in [0.2, 0.25) is 0 Å². The van der Waals surface area contributed by atoms with Crippen LogP contribution in [-0.2, 0) is 12.3 Å². The van der Waals surface area contributed by atoms with E-state index in [2.05, 4.69) is 19.9 Å². The molecule has 0 saturated heterocycles. The van der Waals surface area contributed by atoms with Crippen molar-refractivity contribution in [2.45, 2.75) is 30.7 Å². The van der Waals surface area contributed by atoms with Crippen LogP contribution in [0.5, 0.6) is 5.75 Å². The molecule has 1 aromatic carbocycles. The smallest absolute Gasteiger partial charge is 0.406 e. The summed E-state index contributed by atoms with van der Waals surface area (Å²) in [6.45, 7) is 2.65. The van der Waals surface area contributed by atoms with Crippen molar-refractivity contribution in [3.63, 3.8) is 0 Å². The molecule has 0 spiro atoms. The summed E-state index contributed by atoms with van der Waals surface area (Å²) in [5, 5.41) is 9.13. The standard InChI is InChI=1S/C17H15F3N4OS/c1-2-24-15(13-6-8-21-9-7-13)22-23-16(24)26-11-12-4-3-5-14(10-12)25-17(18,19)20/h3-10H,2,11H2,1H3. The minimum atomic E-state index is -4.70. The fourth-order valence-electron chi connectivity index (χ4n) is 2.38. The third kappa shape index (κ3) is 4.54. The van der Waals surface area contributed by atoms with E-state index in [0.717, 1.165) is 11.4 Å². The molecule has 26 heavy (non-hydrogen) atoms. The molecule has 0 aliphatic heterocycles. The Labute approximate surface area is 152 Å². The van der Waals surface area contributed by atoms with Gasteiger partial charge < -0.3 is 9.30 Å². The summed E-state index contributed by atoms with van der Waals surface area (Å²) in [6.07, 6.45) is -1.33. The van der Waals surface area contributed by atoms with Gasteiger partial charge in [0.15, 0.2) is 11.0 Å². The van der Waals surface area contributed by atoms with Gasteiger partial charge in [0.1, 0.15) is 5.75 Å².